The van der Waals surface area contributed by atoms with Gasteiger partial charge in [0.05, 0.1) is 23.2 Å². The molecule has 1 N–H and O–H groups in total. The van der Waals surface area contributed by atoms with Crippen LogP contribution in [0.1, 0.15) is 12.8 Å². The molecule has 0 heterocycles. The molecule has 1 saturated carbocycles. The number of benzene rings is 1. The summed E-state index contributed by atoms with van der Waals surface area (Å²) in [6.45, 7) is 0.481. The predicted octanol–water partition coefficient (Wildman–Crippen LogP) is 2.65. The van der Waals surface area contributed by atoms with E-state index in [-0.39, 0.29) is 0 Å². The fourth-order valence-electron chi connectivity index (χ4n) is 2.05. The van der Waals surface area contributed by atoms with Crippen LogP contribution in [0.5, 0.6) is 5.75 Å². The van der Waals surface area contributed by atoms with E-state index in [9.17, 15) is 9.90 Å². The second kappa shape index (κ2) is 4.69. The molecule has 0 spiro atoms. The molecule has 1 aliphatic carbocycles. The minimum Gasteiger partial charge on any atom is -0.497 e. The van der Waals surface area contributed by atoms with E-state index in [0.29, 0.717) is 17.3 Å². The van der Waals surface area contributed by atoms with Crippen molar-refractivity contribution in [2.75, 3.05) is 25.6 Å². The zero-order valence-electron chi connectivity index (χ0n) is 10.4. The second-order valence-corrected chi connectivity index (χ2v) is 5.17. The first kappa shape index (κ1) is 13.0. The summed E-state index contributed by atoms with van der Waals surface area (Å²) in [7, 11) is 3.44. The number of anilines is 1. The fraction of sp³-hybridized carbons (Fsp3) is 0.462. The molecule has 18 heavy (non-hydrogen) atoms. The van der Waals surface area contributed by atoms with E-state index in [4.69, 9.17) is 16.3 Å². The highest BCUT2D eigenvalue weighted by molar-refractivity contribution is 6.33. The summed E-state index contributed by atoms with van der Waals surface area (Å²) in [5.41, 5.74) is 0.239. The Kier molecular flexibility index (Phi) is 3.39. The summed E-state index contributed by atoms with van der Waals surface area (Å²) in [5, 5.41) is 9.74. The van der Waals surface area contributed by atoms with E-state index in [1.54, 1.807) is 13.2 Å². The van der Waals surface area contributed by atoms with E-state index < -0.39 is 11.4 Å². The van der Waals surface area contributed by atoms with Crippen molar-refractivity contribution in [1.29, 1.82) is 0 Å². The average molecular weight is 270 g/mol. The molecule has 4 nitrogen and oxygen atoms in total. The molecule has 1 aromatic carbocycles. The quantitative estimate of drug-likeness (QED) is 0.893. The van der Waals surface area contributed by atoms with Crippen LogP contribution >= 0.6 is 11.6 Å². The van der Waals surface area contributed by atoms with Crippen LogP contribution in [0.3, 0.4) is 0 Å². The monoisotopic (exact) mass is 269 g/mol. The first-order valence-electron chi connectivity index (χ1n) is 5.76. The molecule has 1 aromatic rings. The van der Waals surface area contributed by atoms with E-state index in [2.05, 4.69) is 0 Å². The van der Waals surface area contributed by atoms with Crippen LogP contribution in [0.2, 0.25) is 5.02 Å². The molecular weight excluding hydrogens is 254 g/mol. The lowest BCUT2D eigenvalue weighted by Gasteiger charge is -2.24. The third kappa shape index (κ3) is 2.38. The number of hydrogen-bond acceptors (Lipinski definition) is 3. The van der Waals surface area contributed by atoms with Gasteiger partial charge >= 0.3 is 5.97 Å². The van der Waals surface area contributed by atoms with Gasteiger partial charge < -0.3 is 14.7 Å². The fourth-order valence-corrected chi connectivity index (χ4v) is 2.37. The van der Waals surface area contributed by atoms with Crippen molar-refractivity contribution in [1.82, 2.24) is 0 Å². The standard InChI is InChI=1S/C13H16ClNO3/c1-15(8-13(5-6-13)12(16)17)11-4-3-9(18-2)7-10(11)14/h3-4,7H,5-6,8H2,1-2H3,(H,16,17). The van der Waals surface area contributed by atoms with Gasteiger partial charge in [0.15, 0.2) is 0 Å². The van der Waals surface area contributed by atoms with Crippen LogP contribution in [0, 0.1) is 5.41 Å². The van der Waals surface area contributed by atoms with Crippen molar-refractivity contribution in [2.24, 2.45) is 5.41 Å². The van der Waals surface area contributed by atoms with Gasteiger partial charge in [-0.1, -0.05) is 11.6 Å². The number of carboxylic acid groups (broad SMARTS) is 1. The largest absolute Gasteiger partial charge is 0.497 e. The lowest BCUT2D eigenvalue weighted by atomic mass is 10.1. The molecule has 2 rings (SSSR count). The topological polar surface area (TPSA) is 49.8 Å². The van der Waals surface area contributed by atoms with Crippen LogP contribution in [0.15, 0.2) is 18.2 Å². The molecule has 0 saturated heterocycles. The van der Waals surface area contributed by atoms with Crippen molar-refractivity contribution in [3.8, 4) is 5.75 Å². The predicted molar refractivity (Wildman–Crippen MR) is 70.6 cm³/mol. The highest BCUT2D eigenvalue weighted by atomic mass is 35.5. The van der Waals surface area contributed by atoms with Gasteiger partial charge in [-0.25, -0.2) is 0 Å². The number of hydrogen-bond donors (Lipinski definition) is 1. The molecule has 0 atom stereocenters. The minimum absolute atomic E-state index is 0.481. The Morgan fingerprint density at radius 2 is 2.22 bits per heavy atom. The van der Waals surface area contributed by atoms with E-state index in [0.717, 1.165) is 18.5 Å². The van der Waals surface area contributed by atoms with Crippen molar-refractivity contribution in [2.45, 2.75) is 12.8 Å². The number of carbonyl (C=O) groups is 1. The van der Waals surface area contributed by atoms with Gasteiger partial charge in [0.25, 0.3) is 0 Å². The number of halogens is 1. The zero-order valence-corrected chi connectivity index (χ0v) is 11.2. The normalized spacial score (nSPS) is 16.2. The van der Waals surface area contributed by atoms with Crippen LogP contribution < -0.4 is 9.64 Å². The number of nitrogens with zero attached hydrogens (tertiary/aromatic N) is 1. The highest BCUT2D eigenvalue weighted by Gasteiger charge is 2.51. The summed E-state index contributed by atoms with van der Waals surface area (Å²) in [4.78, 5) is 13.0. The van der Waals surface area contributed by atoms with E-state index in [1.165, 1.54) is 0 Å². The van der Waals surface area contributed by atoms with Gasteiger partial charge in [0.2, 0.25) is 0 Å². The number of rotatable bonds is 5. The molecule has 0 aromatic heterocycles. The van der Waals surface area contributed by atoms with Gasteiger partial charge in [-0.15, -0.1) is 0 Å². The number of aliphatic carboxylic acids is 1. The van der Waals surface area contributed by atoms with Crippen LogP contribution in [-0.4, -0.2) is 31.8 Å². The molecular formula is C13H16ClNO3. The Balaban J connectivity index is 2.14. The van der Waals surface area contributed by atoms with E-state index >= 15 is 0 Å². The maximum atomic E-state index is 11.2. The Labute approximate surface area is 111 Å². The first-order chi connectivity index (χ1) is 8.48. The third-order valence-electron chi connectivity index (χ3n) is 3.41. The average Bonchev–Trinajstić information content (AvgIpc) is 3.09. The maximum absolute atomic E-state index is 11.2. The number of ether oxygens (including phenoxy) is 1. The Morgan fingerprint density at radius 3 is 2.67 bits per heavy atom. The summed E-state index contributed by atoms with van der Waals surface area (Å²) >= 11 is 6.16. The SMILES string of the molecule is COc1ccc(N(C)CC2(C(=O)O)CC2)c(Cl)c1. The lowest BCUT2D eigenvalue weighted by Crippen LogP contribution is -2.31. The van der Waals surface area contributed by atoms with Crippen molar-refractivity contribution >= 4 is 23.3 Å². The Morgan fingerprint density at radius 1 is 1.56 bits per heavy atom. The number of carboxylic acids is 1. The molecule has 98 valence electrons. The van der Waals surface area contributed by atoms with Crippen LogP contribution in [0.4, 0.5) is 5.69 Å². The molecule has 5 heteroatoms. The van der Waals surface area contributed by atoms with Crippen LogP contribution in [0.25, 0.3) is 0 Å². The van der Waals surface area contributed by atoms with Crippen LogP contribution in [-0.2, 0) is 4.79 Å². The second-order valence-electron chi connectivity index (χ2n) is 4.76. The van der Waals surface area contributed by atoms with Gasteiger partial charge in [0, 0.05) is 19.7 Å². The first-order valence-corrected chi connectivity index (χ1v) is 6.14. The Bertz CT molecular complexity index is 471. The molecule has 0 unspecified atom stereocenters. The summed E-state index contributed by atoms with van der Waals surface area (Å²) in [6.07, 6.45) is 1.47. The van der Waals surface area contributed by atoms with Crippen molar-refractivity contribution in [3.05, 3.63) is 23.2 Å². The highest BCUT2D eigenvalue weighted by Crippen LogP contribution is 2.47. The van der Waals surface area contributed by atoms with Crippen molar-refractivity contribution < 1.29 is 14.6 Å². The third-order valence-corrected chi connectivity index (χ3v) is 3.72. The maximum Gasteiger partial charge on any atom is 0.311 e. The summed E-state index contributed by atoms with van der Waals surface area (Å²) in [6, 6.07) is 5.39. The molecule has 1 fully saturated rings. The zero-order chi connectivity index (χ0) is 13.3. The lowest BCUT2D eigenvalue weighted by molar-refractivity contribution is -0.142. The van der Waals surface area contributed by atoms with Gasteiger partial charge in [-0.2, -0.15) is 0 Å². The molecule has 0 aliphatic heterocycles. The molecule has 0 amide bonds. The summed E-state index contributed by atoms with van der Waals surface area (Å²) < 4.78 is 5.08. The molecule has 1 aliphatic rings. The van der Waals surface area contributed by atoms with Gasteiger partial charge in [-0.3, -0.25) is 4.79 Å². The molecule has 0 radical (unpaired) electrons. The van der Waals surface area contributed by atoms with Crippen molar-refractivity contribution in [3.63, 3.8) is 0 Å². The number of methoxy groups -OCH3 is 1. The smallest absolute Gasteiger partial charge is 0.311 e. The van der Waals surface area contributed by atoms with Gasteiger partial charge in [0.1, 0.15) is 5.75 Å². The molecule has 0 bridgehead atoms. The summed E-state index contributed by atoms with van der Waals surface area (Å²) in [5.74, 6) is -0.0319. The Hall–Kier alpha value is -1.42. The van der Waals surface area contributed by atoms with E-state index in [1.807, 2.05) is 24.1 Å². The minimum atomic E-state index is -0.723. The van der Waals surface area contributed by atoms with Gasteiger partial charge in [-0.05, 0) is 25.0 Å².